The van der Waals surface area contributed by atoms with Crippen LogP contribution in [0.5, 0.6) is 5.75 Å². The number of amides is 1. The molecule has 0 unspecified atom stereocenters. The standard InChI is InChI=1S/C15H15F2N5O4S/c1-21-13(24)12(20-22(2)15(21)25)27-8-11(23)19-18-7-9-3-5-10(6-4-9)26-14(16)17/h3-7,14H,8H2,1-2H3,(H,19,23)/b18-7-. The van der Waals surface area contributed by atoms with Crippen molar-refractivity contribution in [2.24, 2.45) is 19.2 Å². The Labute approximate surface area is 155 Å². The summed E-state index contributed by atoms with van der Waals surface area (Å²) in [7, 11) is 2.71. The van der Waals surface area contributed by atoms with Crippen LogP contribution in [0.3, 0.4) is 0 Å². The second kappa shape index (κ2) is 9.07. The van der Waals surface area contributed by atoms with Crippen molar-refractivity contribution in [1.29, 1.82) is 0 Å². The number of rotatable bonds is 7. The van der Waals surface area contributed by atoms with Gasteiger partial charge in [0.05, 0.1) is 12.0 Å². The molecule has 1 heterocycles. The largest absolute Gasteiger partial charge is 0.435 e. The fraction of sp³-hybridized carbons (Fsp3) is 0.267. The molecule has 0 atom stereocenters. The molecule has 144 valence electrons. The Balaban J connectivity index is 1.89. The van der Waals surface area contributed by atoms with Crippen LogP contribution in [0.2, 0.25) is 0 Å². The van der Waals surface area contributed by atoms with E-state index in [-0.39, 0.29) is 16.5 Å². The molecule has 0 fully saturated rings. The van der Waals surface area contributed by atoms with Gasteiger partial charge in [0.2, 0.25) is 5.91 Å². The summed E-state index contributed by atoms with van der Waals surface area (Å²) in [5.74, 6) is -0.626. The van der Waals surface area contributed by atoms with Gasteiger partial charge in [-0.15, -0.1) is 0 Å². The topological polar surface area (TPSA) is 108 Å². The third-order valence-electron chi connectivity index (χ3n) is 3.14. The first-order valence-electron chi connectivity index (χ1n) is 7.42. The molecular formula is C15H15F2N5O4S. The van der Waals surface area contributed by atoms with Gasteiger partial charge in [-0.1, -0.05) is 11.8 Å². The number of hydrogen-bond acceptors (Lipinski definition) is 7. The number of hydrazone groups is 1. The molecule has 0 spiro atoms. The highest BCUT2D eigenvalue weighted by atomic mass is 32.2. The van der Waals surface area contributed by atoms with Crippen LogP contribution in [0.1, 0.15) is 5.56 Å². The molecule has 2 rings (SSSR count). The number of nitrogens with one attached hydrogen (secondary N) is 1. The van der Waals surface area contributed by atoms with Crippen LogP contribution in [0.4, 0.5) is 8.78 Å². The minimum atomic E-state index is -2.90. The normalized spacial score (nSPS) is 11.1. The third kappa shape index (κ3) is 5.74. The van der Waals surface area contributed by atoms with E-state index in [0.29, 0.717) is 5.56 Å². The van der Waals surface area contributed by atoms with Crippen molar-refractivity contribution >= 4 is 23.9 Å². The summed E-state index contributed by atoms with van der Waals surface area (Å²) in [5.41, 5.74) is 1.66. The molecule has 1 aromatic carbocycles. The number of carbonyl (C=O) groups excluding carboxylic acids is 1. The molecule has 1 aromatic heterocycles. The number of halogens is 2. The van der Waals surface area contributed by atoms with Gasteiger partial charge in [0.25, 0.3) is 5.56 Å². The number of alkyl halides is 2. The lowest BCUT2D eigenvalue weighted by Crippen LogP contribution is -2.39. The van der Waals surface area contributed by atoms with Gasteiger partial charge < -0.3 is 4.74 Å². The van der Waals surface area contributed by atoms with E-state index in [9.17, 15) is 23.2 Å². The Morgan fingerprint density at radius 1 is 1.33 bits per heavy atom. The van der Waals surface area contributed by atoms with E-state index in [0.717, 1.165) is 21.0 Å². The van der Waals surface area contributed by atoms with Gasteiger partial charge in [-0.25, -0.2) is 14.9 Å². The summed E-state index contributed by atoms with van der Waals surface area (Å²) in [5, 5.41) is 7.55. The maximum absolute atomic E-state index is 12.1. The summed E-state index contributed by atoms with van der Waals surface area (Å²) in [6.07, 6.45) is 1.32. The number of carbonyl (C=O) groups is 1. The average molecular weight is 399 g/mol. The van der Waals surface area contributed by atoms with E-state index >= 15 is 0 Å². The summed E-state index contributed by atoms with van der Waals surface area (Å²) >= 11 is 0.868. The Morgan fingerprint density at radius 3 is 2.63 bits per heavy atom. The van der Waals surface area contributed by atoms with Gasteiger partial charge in [-0.3, -0.25) is 14.2 Å². The monoisotopic (exact) mass is 399 g/mol. The predicted octanol–water partition coefficient (Wildman–Crippen LogP) is 0.323. The van der Waals surface area contributed by atoms with Gasteiger partial charge in [0, 0.05) is 14.1 Å². The first kappa shape index (κ1) is 20.3. The summed E-state index contributed by atoms with van der Waals surface area (Å²) < 4.78 is 30.2. The fourth-order valence-corrected chi connectivity index (χ4v) is 2.61. The molecule has 1 N–H and O–H groups in total. The highest BCUT2D eigenvalue weighted by Gasteiger charge is 2.11. The van der Waals surface area contributed by atoms with Gasteiger partial charge in [0.15, 0.2) is 5.03 Å². The zero-order valence-corrected chi connectivity index (χ0v) is 15.1. The van der Waals surface area contributed by atoms with Crippen molar-refractivity contribution in [1.82, 2.24) is 19.8 Å². The zero-order chi connectivity index (χ0) is 20.0. The lowest BCUT2D eigenvalue weighted by atomic mass is 10.2. The van der Waals surface area contributed by atoms with E-state index in [1.54, 1.807) is 0 Å². The smallest absolute Gasteiger partial charge is 0.387 e. The first-order valence-corrected chi connectivity index (χ1v) is 8.40. The van der Waals surface area contributed by atoms with Crippen molar-refractivity contribution in [3.63, 3.8) is 0 Å². The molecule has 2 aromatic rings. The van der Waals surface area contributed by atoms with E-state index < -0.39 is 23.8 Å². The molecule has 1 amide bonds. The molecule has 0 aliphatic heterocycles. The Bertz CT molecular complexity index is 956. The van der Waals surface area contributed by atoms with Crippen molar-refractivity contribution < 1.29 is 18.3 Å². The first-order chi connectivity index (χ1) is 12.8. The van der Waals surface area contributed by atoms with E-state index in [2.05, 4.69) is 20.4 Å². The quantitative estimate of drug-likeness (QED) is 0.408. The fourth-order valence-electron chi connectivity index (χ4n) is 1.84. The van der Waals surface area contributed by atoms with Gasteiger partial charge >= 0.3 is 12.3 Å². The maximum atomic E-state index is 12.1. The van der Waals surface area contributed by atoms with E-state index in [1.165, 1.54) is 44.6 Å². The molecule has 0 saturated carbocycles. The molecule has 0 radical (unpaired) electrons. The highest BCUT2D eigenvalue weighted by Crippen LogP contribution is 2.14. The van der Waals surface area contributed by atoms with Gasteiger partial charge in [-0.05, 0) is 29.8 Å². The highest BCUT2D eigenvalue weighted by molar-refractivity contribution is 7.99. The molecule has 9 nitrogen and oxygen atoms in total. The second-order valence-corrected chi connectivity index (χ2v) is 6.07. The van der Waals surface area contributed by atoms with E-state index in [4.69, 9.17) is 0 Å². The van der Waals surface area contributed by atoms with E-state index in [1.807, 2.05) is 0 Å². The van der Waals surface area contributed by atoms with Crippen LogP contribution in [0.15, 0.2) is 44.0 Å². The summed E-state index contributed by atoms with van der Waals surface area (Å²) in [6, 6.07) is 5.65. The molecule has 0 aliphatic rings. The number of thioether (sulfide) groups is 1. The lowest BCUT2D eigenvalue weighted by Gasteiger charge is -2.04. The molecule has 0 bridgehead atoms. The van der Waals surface area contributed by atoms with Crippen LogP contribution in [-0.2, 0) is 18.9 Å². The molecule has 0 saturated heterocycles. The van der Waals surface area contributed by atoms with Crippen molar-refractivity contribution in [3.8, 4) is 5.75 Å². The lowest BCUT2D eigenvalue weighted by molar-refractivity contribution is -0.118. The van der Waals surface area contributed by atoms with Crippen LogP contribution < -0.4 is 21.4 Å². The van der Waals surface area contributed by atoms with Crippen LogP contribution in [0, 0.1) is 0 Å². The van der Waals surface area contributed by atoms with Crippen molar-refractivity contribution in [3.05, 3.63) is 50.7 Å². The van der Waals surface area contributed by atoms with Gasteiger partial charge in [0.1, 0.15) is 5.75 Å². The Hall–Kier alpha value is -3.02. The minimum Gasteiger partial charge on any atom is -0.435 e. The maximum Gasteiger partial charge on any atom is 0.387 e. The van der Waals surface area contributed by atoms with Crippen molar-refractivity contribution in [2.45, 2.75) is 11.6 Å². The number of ether oxygens (including phenoxy) is 1. The Morgan fingerprint density at radius 2 is 2.00 bits per heavy atom. The van der Waals surface area contributed by atoms with Crippen LogP contribution >= 0.6 is 11.8 Å². The third-order valence-corrected chi connectivity index (χ3v) is 4.08. The Kier molecular flexibility index (Phi) is 6.82. The van der Waals surface area contributed by atoms with Crippen LogP contribution in [0.25, 0.3) is 0 Å². The molecule has 27 heavy (non-hydrogen) atoms. The number of hydrogen-bond donors (Lipinski definition) is 1. The SMILES string of the molecule is Cn1nc(SCC(=O)N/N=C\c2ccc(OC(F)F)cc2)c(=O)n(C)c1=O. The number of aryl methyl sites for hydroxylation is 1. The number of aromatic nitrogens is 3. The molecular weight excluding hydrogens is 384 g/mol. The molecule has 12 heteroatoms. The number of nitrogens with zero attached hydrogens (tertiary/aromatic N) is 4. The van der Waals surface area contributed by atoms with Crippen molar-refractivity contribution in [2.75, 3.05) is 5.75 Å². The minimum absolute atomic E-state index is 0.00773. The van der Waals surface area contributed by atoms with Gasteiger partial charge in [-0.2, -0.15) is 19.0 Å². The average Bonchev–Trinajstić information content (AvgIpc) is 2.63. The molecule has 0 aliphatic carbocycles. The second-order valence-electron chi connectivity index (χ2n) is 5.10. The summed E-state index contributed by atoms with van der Waals surface area (Å²) in [6.45, 7) is -2.90. The number of benzene rings is 1. The summed E-state index contributed by atoms with van der Waals surface area (Å²) in [4.78, 5) is 35.2. The predicted molar refractivity (Wildman–Crippen MR) is 94.3 cm³/mol. The zero-order valence-electron chi connectivity index (χ0n) is 14.3. The van der Waals surface area contributed by atoms with Crippen LogP contribution in [-0.4, -0.2) is 38.8 Å².